The number of nitrogens with zero attached hydrogens (tertiary/aromatic N) is 1. The summed E-state index contributed by atoms with van der Waals surface area (Å²) in [4.78, 5) is 2.29. The van der Waals surface area contributed by atoms with Gasteiger partial charge in [0.25, 0.3) is 0 Å². The fourth-order valence-electron chi connectivity index (χ4n) is 3.26. The summed E-state index contributed by atoms with van der Waals surface area (Å²) in [5.74, 6) is 1.54. The molecule has 1 N–H and O–H groups in total. The number of likely N-dealkylation sites (N-methyl/N-ethyl adjacent to an activating group) is 1. The van der Waals surface area contributed by atoms with Gasteiger partial charge in [0.15, 0.2) is 11.5 Å². The van der Waals surface area contributed by atoms with Gasteiger partial charge in [-0.15, -0.1) is 0 Å². The van der Waals surface area contributed by atoms with Crippen molar-refractivity contribution in [1.29, 1.82) is 0 Å². The molecular formula is C17H25NO3. The van der Waals surface area contributed by atoms with Crippen molar-refractivity contribution in [1.82, 2.24) is 4.90 Å². The lowest BCUT2D eigenvalue weighted by atomic mass is 10.1. The lowest BCUT2D eigenvalue weighted by Crippen LogP contribution is -2.33. The Kier molecular flexibility index (Phi) is 4.66. The van der Waals surface area contributed by atoms with Crippen LogP contribution < -0.4 is 9.47 Å². The number of benzene rings is 1. The molecule has 0 aromatic heterocycles. The molecule has 0 bridgehead atoms. The maximum atomic E-state index is 10.5. The molecule has 3 rings (SSSR count). The maximum absolute atomic E-state index is 10.5. The third kappa shape index (κ3) is 3.50. The van der Waals surface area contributed by atoms with Crippen LogP contribution in [0, 0.1) is 0 Å². The van der Waals surface area contributed by atoms with Crippen LogP contribution in [0.4, 0.5) is 0 Å². The van der Waals surface area contributed by atoms with Crippen molar-refractivity contribution in [2.24, 2.45) is 0 Å². The van der Waals surface area contributed by atoms with E-state index in [0.717, 1.165) is 23.5 Å². The Morgan fingerprint density at radius 1 is 1.14 bits per heavy atom. The van der Waals surface area contributed by atoms with Crippen molar-refractivity contribution in [3.63, 3.8) is 0 Å². The highest BCUT2D eigenvalue weighted by atomic mass is 16.5. The SMILES string of the molecule is CN(CC(O)c1ccc2c(c1)OCCCO2)C1CCCC1. The minimum Gasteiger partial charge on any atom is -0.490 e. The highest BCUT2D eigenvalue weighted by Crippen LogP contribution is 2.33. The molecule has 1 heterocycles. The Morgan fingerprint density at radius 2 is 1.86 bits per heavy atom. The van der Waals surface area contributed by atoms with Gasteiger partial charge >= 0.3 is 0 Å². The number of ether oxygens (including phenoxy) is 2. The zero-order valence-electron chi connectivity index (χ0n) is 12.8. The molecule has 1 aliphatic carbocycles. The van der Waals surface area contributed by atoms with Gasteiger partial charge in [-0.1, -0.05) is 18.9 Å². The van der Waals surface area contributed by atoms with Crippen molar-refractivity contribution >= 4 is 0 Å². The Balaban J connectivity index is 1.66. The molecular weight excluding hydrogens is 266 g/mol. The van der Waals surface area contributed by atoms with Crippen molar-refractivity contribution in [3.8, 4) is 11.5 Å². The number of hydrogen-bond donors (Lipinski definition) is 1. The third-order valence-corrected chi connectivity index (χ3v) is 4.57. The van der Waals surface area contributed by atoms with Crippen LogP contribution in [0.1, 0.15) is 43.8 Å². The molecule has 0 spiro atoms. The Labute approximate surface area is 126 Å². The van der Waals surface area contributed by atoms with Gasteiger partial charge in [0, 0.05) is 19.0 Å². The van der Waals surface area contributed by atoms with Crippen LogP contribution in [0.25, 0.3) is 0 Å². The molecule has 0 amide bonds. The van der Waals surface area contributed by atoms with Gasteiger partial charge in [0.05, 0.1) is 19.3 Å². The fourth-order valence-corrected chi connectivity index (χ4v) is 3.26. The predicted octanol–water partition coefficient (Wildman–Crippen LogP) is 2.76. The number of aliphatic hydroxyl groups excluding tert-OH is 1. The second-order valence-corrected chi connectivity index (χ2v) is 6.15. The predicted molar refractivity (Wildman–Crippen MR) is 81.9 cm³/mol. The lowest BCUT2D eigenvalue weighted by molar-refractivity contribution is 0.105. The topological polar surface area (TPSA) is 41.9 Å². The standard InChI is InChI=1S/C17H25NO3/c1-18(14-5-2-3-6-14)12-15(19)13-7-8-16-17(11-13)21-10-4-9-20-16/h7-8,11,14-15,19H,2-6,9-10,12H2,1H3. The summed E-state index contributed by atoms with van der Waals surface area (Å²) in [7, 11) is 2.11. The molecule has 1 aliphatic heterocycles. The number of fused-ring (bicyclic) bond motifs is 1. The highest BCUT2D eigenvalue weighted by Gasteiger charge is 2.22. The quantitative estimate of drug-likeness (QED) is 0.926. The van der Waals surface area contributed by atoms with Crippen LogP contribution in [0.5, 0.6) is 11.5 Å². The van der Waals surface area contributed by atoms with Crippen LogP contribution in [0.3, 0.4) is 0 Å². The number of aliphatic hydroxyl groups is 1. The Bertz CT molecular complexity index is 471. The molecule has 116 valence electrons. The van der Waals surface area contributed by atoms with E-state index in [4.69, 9.17) is 9.47 Å². The summed E-state index contributed by atoms with van der Waals surface area (Å²) >= 11 is 0. The summed E-state index contributed by atoms with van der Waals surface area (Å²) in [5.41, 5.74) is 0.907. The second kappa shape index (κ2) is 6.67. The molecule has 0 radical (unpaired) electrons. The first-order chi connectivity index (χ1) is 10.2. The molecule has 1 aromatic rings. The van der Waals surface area contributed by atoms with Crippen LogP contribution in [-0.2, 0) is 0 Å². The molecule has 21 heavy (non-hydrogen) atoms. The average Bonchev–Trinajstić information content (AvgIpc) is 2.92. The van der Waals surface area contributed by atoms with Gasteiger partial charge in [0.2, 0.25) is 0 Å². The van der Waals surface area contributed by atoms with E-state index in [0.29, 0.717) is 25.8 Å². The Morgan fingerprint density at radius 3 is 2.62 bits per heavy atom. The van der Waals surface area contributed by atoms with Crippen LogP contribution in [0.15, 0.2) is 18.2 Å². The molecule has 4 nitrogen and oxygen atoms in total. The zero-order valence-corrected chi connectivity index (χ0v) is 12.8. The van der Waals surface area contributed by atoms with E-state index in [-0.39, 0.29) is 0 Å². The molecule has 1 unspecified atom stereocenters. The van der Waals surface area contributed by atoms with Gasteiger partial charge in [-0.05, 0) is 37.6 Å². The van der Waals surface area contributed by atoms with E-state index in [1.165, 1.54) is 25.7 Å². The normalized spacial score (nSPS) is 20.5. The van der Waals surface area contributed by atoms with Gasteiger partial charge in [-0.25, -0.2) is 0 Å². The molecule has 1 fully saturated rings. The smallest absolute Gasteiger partial charge is 0.161 e. The maximum Gasteiger partial charge on any atom is 0.161 e. The van der Waals surface area contributed by atoms with Crippen molar-refractivity contribution in [2.45, 2.75) is 44.2 Å². The summed E-state index contributed by atoms with van der Waals surface area (Å²) in [6, 6.07) is 6.41. The van der Waals surface area contributed by atoms with Gasteiger partial charge in [-0.2, -0.15) is 0 Å². The van der Waals surface area contributed by atoms with E-state index >= 15 is 0 Å². The molecule has 1 saturated carbocycles. The minimum absolute atomic E-state index is 0.479. The summed E-state index contributed by atoms with van der Waals surface area (Å²) < 4.78 is 11.3. The first-order valence-corrected chi connectivity index (χ1v) is 8.02. The largest absolute Gasteiger partial charge is 0.490 e. The molecule has 2 aliphatic rings. The number of rotatable bonds is 4. The van der Waals surface area contributed by atoms with E-state index in [1.807, 2.05) is 18.2 Å². The van der Waals surface area contributed by atoms with Crippen LogP contribution in [0.2, 0.25) is 0 Å². The highest BCUT2D eigenvalue weighted by molar-refractivity contribution is 5.44. The molecule has 1 atom stereocenters. The van der Waals surface area contributed by atoms with E-state index < -0.39 is 6.10 Å². The Hall–Kier alpha value is -1.26. The minimum atomic E-state index is -0.479. The van der Waals surface area contributed by atoms with Crippen LogP contribution >= 0.6 is 0 Å². The molecule has 4 heteroatoms. The fraction of sp³-hybridized carbons (Fsp3) is 0.647. The van der Waals surface area contributed by atoms with Gasteiger partial charge < -0.3 is 19.5 Å². The first kappa shape index (κ1) is 14.7. The van der Waals surface area contributed by atoms with Crippen molar-refractivity contribution < 1.29 is 14.6 Å². The average molecular weight is 291 g/mol. The summed E-state index contributed by atoms with van der Waals surface area (Å²) in [6.45, 7) is 2.04. The first-order valence-electron chi connectivity index (χ1n) is 8.02. The van der Waals surface area contributed by atoms with Gasteiger partial charge in [0.1, 0.15) is 0 Å². The van der Waals surface area contributed by atoms with Crippen molar-refractivity contribution in [3.05, 3.63) is 23.8 Å². The van der Waals surface area contributed by atoms with E-state index in [2.05, 4.69) is 11.9 Å². The molecule has 0 saturated heterocycles. The lowest BCUT2D eigenvalue weighted by Gasteiger charge is -2.26. The van der Waals surface area contributed by atoms with E-state index in [9.17, 15) is 5.11 Å². The number of hydrogen-bond acceptors (Lipinski definition) is 4. The van der Waals surface area contributed by atoms with E-state index in [1.54, 1.807) is 0 Å². The monoisotopic (exact) mass is 291 g/mol. The zero-order chi connectivity index (χ0) is 14.7. The van der Waals surface area contributed by atoms with Crippen LogP contribution in [-0.4, -0.2) is 42.9 Å². The summed E-state index contributed by atoms with van der Waals surface area (Å²) in [5, 5.41) is 10.5. The van der Waals surface area contributed by atoms with Gasteiger partial charge in [-0.3, -0.25) is 0 Å². The third-order valence-electron chi connectivity index (χ3n) is 4.57. The second-order valence-electron chi connectivity index (χ2n) is 6.15. The molecule has 1 aromatic carbocycles. The van der Waals surface area contributed by atoms with Crippen molar-refractivity contribution in [2.75, 3.05) is 26.8 Å². The summed E-state index contributed by atoms with van der Waals surface area (Å²) in [6.07, 6.45) is 5.56.